The average molecular weight is 227 g/mol. The van der Waals surface area contributed by atoms with Gasteiger partial charge in [-0.2, -0.15) is 0 Å². The molecule has 1 aromatic carbocycles. The second-order valence-electron chi connectivity index (χ2n) is 4.29. The van der Waals surface area contributed by atoms with Gasteiger partial charge in [-0.1, -0.05) is 24.3 Å². The molecule has 0 spiro atoms. The van der Waals surface area contributed by atoms with Gasteiger partial charge in [-0.25, -0.2) is 4.98 Å². The first-order valence-corrected chi connectivity index (χ1v) is 5.59. The Labute approximate surface area is 99.1 Å². The third-order valence-electron chi connectivity index (χ3n) is 3.14. The molecule has 0 unspecified atom stereocenters. The molecule has 1 aromatic heterocycles. The lowest BCUT2D eigenvalue weighted by atomic mass is 10.1. The summed E-state index contributed by atoms with van der Waals surface area (Å²) in [6.45, 7) is 1.53. The van der Waals surface area contributed by atoms with Crippen molar-refractivity contribution in [3.63, 3.8) is 0 Å². The predicted molar refractivity (Wildman–Crippen MR) is 65.8 cm³/mol. The van der Waals surface area contributed by atoms with Crippen LogP contribution >= 0.6 is 0 Å². The van der Waals surface area contributed by atoms with E-state index in [4.69, 9.17) is 0 Å². The Bertz CT molecular complexity index is 593. The van der Waals surface area contributed by atoms with E-state index in [1.807, 2.05) is 17.0 Å². The summed E-state index contributed by atoms with van der Waals surface area (Å²) in [6.07, 6.45) is 3.34. The van der Waals surface area contributed by atoms with Crippen LogP contribution in [0.3, 0.4) is 0 Å². The lowest BCUT2D eigenvalue weighted by Gasteiger charge is -2.15. The largest absolute Gasteiger partial charge is 0.343 e. The fourth-order valence-corrected chi connectivity index (χ4v) is 2.18. The molecule has 1 aliphatic rings. The van der Waals surface area contributed by atoms with E-state index in [0.717, 1.165) is 13.1 Å². The van der Waals surface area contributed by atoms with Crippen LogP contribution in [0.4, 0.5) is 5.82 Å². The van der Waals surface area contributed by atoms with E-state index in [1.54, 1.807) is 24.0 Å². The Morgan fingerprint density at radius 2 is 1.82 bits per heavy atom. The number of rotatable bonds is 1. The molecule has 3 rings (SSSR count). The highest BCUT2D eigenvalue weighted by atomic mass is 16.1. The highest BCUT2D eigenvalue weighted by Gasteiger charge is 2.21. The van der Waals surface area contributed by atoms with Gasteiger partial charge in [-0.05, 0) is 11.1 Å². The van der Waals surface area contributed by atoms with Gasteiger partial charge in [0.05, 0.1) is 0 Å². The topological polar surface area (TPSA) is 38.1 Å². The molecule has 0 bridgehead atoms. The van der Waals surface area contributed by atoms with Crippen molar-refractivity contribution in [3.8, 4) is 0 Å². The fourth-order valence-electron chi connectivity index (χ4n) is 2.18. The minimum Gasteiger partial charge on any atom is -0.343 e. The monoisotopic (exact) mass is 227 g/mol. The third-order valence-corrected chi connectivity index (χ3v) is 3.14. The summed E-state index contributed by atoms with van der Waals surface area (Å²) < 4.78 is 1.56. The van der Waals surface area contributed by atoms with Crippen LogP contribution in [0.1, 0.15) is 11.1 Å². The quantitative estimate of drug-likeness (QED) is 0.737. The van der Waals surface area contributed by atoms with Gasteiger partial charge in [-0.15, -0.1) is 0 Å². The van der Waals surface area contributed by atoms with Crippen molar-refractivity contribution in [1.82, 2.24) is 9.55 Å². The number of hydrogen-bond acceptors (Lipinski definition) is 3. The zero-order valence-electron chi connectivity index (χ0n) is 9.63. The molecule has 0 fully saturated rings. The Morgan fingerprint density at radius 3 is 2.47 bits per heavy atom. The molecular formula is C13H13N3O. The molecule has 2 heterocycles. The molecule has 0 N–H and O–H groups in total. The molecule has 1 aliphatic heterocycles. The van der Waals surface area contributed by atoms with Crippen LogP contribution in [0.15, 0.2) is 41.5 Å². The van der Waals surface area contributed by atoms with Gasteiger partial charge in [-0.3, -0.25) is 4.79 Å². The maximum absolute atomic E-state index is 12.0. The maximum Gasteiger partial charge on any atom is 0.293 e. The minimum atomic E-state index is -0.0414. The van der Waals surface area contributed by atoms with Crippen LogP contribution in [-0.4, -0.2) is 9.55 Å². The summed E-state index contributed by atoms with van der Waals surface area (Å²) in [4.78, 5) is 18.2. The Kier molecular flexibility index (Phi) is 2.21. The molecule has 86 valence electrons. The number of hydrogen-bond donors (Lipinski definition) is 0. The van der Waals surface area contributed by atoms with E-state index in [-0.39, 0.29) is 5.56 Å². The van der Waals surface area contributed by atoms with Gasteiger partial charge in [0.1, 0.15) is 0 Å². The average Bonchev–Trinajstić information content (AvgIpc) is 2.76. The van der Waals surface area contributed by atoms with Gasteiger partial charge in [0.15, 0.2) is 5.82 Å². The number of fused-ring (bicyclic) bond motifs is 1. The molecule has 17 heavy (non-hydrogen) atoms. The summed E-state index contributed by atoms with van der Waals surface area (Å²) in [6, 6.07) is 8.25. The predicted octanol–water partition coefficient (Wildman–Crippen LogP) is 1.30. The van der Waals surface area contributed by atoms with E-state index in [1.165, 1.54) is 11.1 Å². The summed E-state index contributed by atoms with van der Waals surface area (Å²) in [7, 11) is 1.75. The number of benzene rings is 1. The van der Waals surface area contributed by atoms with Crippen molar-refractivity contribution in [2.75, 3.05) is 4.90 Å². The van der Waals surface area contributed by atoms with Crippen LogP contribution < -0.4 is 10.5 Å². The van der Waals surface area contributed by atoms with Crippen molar-refractivity contribution in [3.05, 3.63) is 58.1 Å². The summed E-state index contributed by atoms with van der Waals surface area (Å²) in [5.41, 5.74) is 2.51. The van der Waals surface area contributed by atoms with E-state index < -0.39 is 0 Å². The number of aryl methyl sites for hydroxylation is 1. The van der Waals surface area contributed by atoms with Crippen LogP contribution in [0.5, 0.6) is 0 Å². The normalized spacial score (nSPS) is 13.8. The van der Waals surface area contributed by atoms with Gasteiger partial charge >= 0.3 is 0 Å². The first-order chi connectivity index (χ1) is 8.25. The van der Waals surface area contributed by atoms with E-state index in [0.29, 0.717) is 5.82 Å². The van der Waals surface area contributed by atoms with Crippen LogP contribution in [0, 0.1) is 0 Å². The highest BCUT2D eigenvalue weighted by Crippen LogP contribution is 2.24. The van der Waals surface area contributed by atoms with Gasteiger partial charge in [0.25, 0.3) is 5.56 Å². The molecule has 0 saturated carbocycles. The smallest absolute Gasteiger partial charge is 0.293 e. The van der Waals surface area contributed by atoms with Crippen molar-refractivity contribution in [2.24, 2.45) is 7.05 Å². The summed E-state index contributed by atoms with van der Waals surface area (Å²) in [5, 5.41) is 0. The summed E-state index contributed by atoms with van der Waals surface area (Å²) in [5.74, 6) is 0.534. The van der Waals surface area contributed by atoms with Crippen molar-refractivity contribution < 1.29 is 0 Å². The van der Waals surface area contributed by atoms with Crippen molar-refractivity contribution in [2.45, 2.75) is 13.1 Å². The molecule has 4 heteroatoms. The fraction of sp³-hybridized carbons (Fsp3) is 0.231. The molecule has 2 aromatic rings. The van der Waals surface area contributed by atoms with Gasteiger partial charge in [0.2, 0.25) is 0 Å². The van der Waals surface area contributed by atoms with Crippen molar-refractivity contribution >= 4 is 5.82 Å². The highest BCUT2D eigenvalue weighted by molar-refractivity contribution is 5.45. The SMILES string of the molecule is Cn1ccnc(N2Cc3ccccc3C2)c1=O. The number of anilines is 1. The zero-order chi connectivity index (χ0) is 11.8. The number of nitrogens with zero attached hydrogens (tertiary/aromatic N) is 3. The maximum atomic E-state index is 12.0. The van der Waals surface area contributed by atoms with E-state index >= 15 is 0 Å². The molecular weight excluding hydrogens is 214 g/mol. The molecule has 0 atom stereocenters. The van der Waals surface area contributed by atoms with Crippen molar-refractivity contribution in [1.29, 1.82) is 0 Å². The summed E-state index contributed by atoms with van der Waals surface area (Å²) >= 11 is 0. The lowest BCUT2D eigenvalue weighted by molar-refractivity contribution is 0.785. The standard InChI is InChI=1S/C13H13N3O/c1-15-7-6-14-12(13(15)17)16-8-10-4-2-3-5-11(10)9-16/h2-7H,8-9H2,1H3. The second kappa shape index (κ2) is 3.73. The molecule has 0 radical (unpaired) electrons. The van der Waals surface area contributed by atoms with Crippen LogP contribution in [-0.2, 0) is 20.1 Å². The minimum absolute atomic E-state index is 0.0414. The molecule has 4 nitrogen and oxygen atoms in total. The first-order valence-electron chi connectivity index (χ1n) is 5.59. The lowest BCUT2D eigenvalue weighted by Crippen LogP contribution is -2.28. The van der Waals surface area contributed by atoms with Gasteiger partial charge in [0, 0.05) is 32.5 Å². The Balaban J connectivity index is 2.00. The second-order valence-corrected chi connectivity index (χ2v) is 4.29. The molecule has 0 aliphatic carbocycles. The van der Waals surface area contributed by atoms with Gasteiger partial charge < -0.3 is 9.47 Å². The van der Waals surface area contributed by atoms with Crippen LogP contribution in [0.25, 0.3) is 0 Å². The molecule has 0 saturated heterocycles. The Morgan fingerprint density at radius 1 is 1.18 bits per heavy atom. The number of aromatic nitrogens is 2. The Hall–Kier alpha value is -2.10. The molecule has 0 amide bonds. The third kappa shape index (κ3) is 1.62. The zero-order valence-corrected chi connectivity index (χ0v) is 9.63. The van der Waals surface area contributed by atoms with E-state index in [2.05, 4.69) is 17.1 Å². The first kappa shape index (κ1) is 10.1. The van der Waals surface area contributed by atoms with Crippen LogP contribution in [0.2, 0.25) is 0 Å². The van der Waals surface area contributed by atoms with E-state index in [9.17, 15) is 4.79 Å².